The summed E-state index contributed by atoms with van der Waals surface area (Å²) in [6.07, 6.45) is 5.46. The maximum absolute atomic E-state index is 13.0. The number of piperidine rings is 1. The maximum atomic E-state index is 13.0. The Bertz CT molecular complexity index is 708. The van der Waals surface area contributed by atoms with Crippen LogP contribution < -0.4 is 9.64 Å². The van der Waals surface area contributed by atoms with E-state index in [1.807, 2.05) is 37.1 Å². The summed E-state index contributed by atoms with van der Waals surface area (Å²) < 4.78 is 5.51. The Hall–Kier alpha value is -2.63. The number of nitrogens with zero attached hydrogens (tertiary/aromatic N) is 4. The third-order valence-corrected chi connectivity index (χ3v) is 4.52. The lowest BCUT2D eigenvalue weighted by molar-refractivity contribution is 0.0712. The lowest BCUT2D eigenvalue weighted by Gasteiger charge is -2.38. The highest BCUT2D eigenvalue weighted by atomic mass is 16.5. The number of anilines is 1. The van der Waals surface area contributed by atoms with Crippen LogP contribution in [0.1, 0.15) is 30.1 Å². The molecule has 6 heteroatoms. The van der Waals surface area contributed by atoms with Crippen molar-refractivity contribution in [2.75, 3.05) is 31.6 Å². The number of hydrogen-bond acceptors (Lipinski definition) is 5. The summed E-state index contributed by atoms with van der Waals surface area (Å²) in [5, 5.41) is 0. The van der Waals surface area contributed by atoms with Crippen LogP contribution in [0.5, 0.6) is 5.88 Å². The molecule has 0 bridgehead atoms. The Kier molecular flexibility index (Phi) is 5.48. The summed E-state index contributed by atoms with van der Waals surface area (Å²) in [7, 11) is 1.86. The molecule has 0 aliphatic carbocycles. The maximum Gasteiger partial charge on any atom is 0.259 e. The first kappa shape index (κ1) is 17.2. The first-order valence-electron chi connectivity index (χ1n) is 8.71. The van der Waals surface area contributed by atoms with Crippen LogP contribution in [0, 0.1) is 0 Å². The number of pyridine rings is 2. The minimum Gasteiger partial charge on any atom is -0.477 e. The van der Waals surface area contributed by atoms with Gasteiger partial charge in [-0.2, -0.15) is 0 Å². The van der Waals surface area contributed by atoms with Crippen LogP contribution in [0.25, 0.3) is 0 Å². The van der Waals surface area contributed by atoms with Gasteiger partial charge in [0.1, 0.15) is 11.4 Å². The largest absolute Gasteiger partial charge is 0.477 e. The van der Waals surface area contributed by atoms with E-state index in [1.165, 1.54) is 0 Å². The van der Waals surface area contributed by atoms with Crippen molar-refractivity contribution in [1.29, 1.82) is 0 Å². The fourth-order valence-corrected chi connectivity index (χ4v) is 3.18. The molecule has 1 unspecified atom stereocenters. The molecule has 1 atom stereocenters. The van der Waals surface area contributed by atoms with E-state index < -0.39 is 0 Å². The topological polar surface area (TPSA) is 58.6 Å². The molecule has 3 rings (SSSR count). The summed E-state index contributed by atoms with van der Waals surface area (Å²) in [6, 6.07) is 9.60. The van der Waals surface area contributed by atoms with E-state index in [9.17, 15) is 4.79 Å². The van der Waals surface area contributed by atoms with Gasteiger partial charge in [0.25, 0.3) is 5.91 Å². The second-order valence-electron chi connectivity index (χ2n) is 6.14. The van der Waals surface area contributed by atoms with Gasteiger partial charge in [-0.05, 0) is 44.0 Å². The molecule has 0 aromatic carbocycles. The number of amides is 1. The molecule has 0 N–H and O–H groups in total. The van der Waals surface area contributed by atoms with Gasteiger partial charge in [0.2, 0.25) is 5.88 Å². The molecule has 1 fully saturated rings. The average Bonchev–Trinajstić information content (AvgIpc) is 2.68. The van der Waals surface area contributed by atoms with Crippen molar-refractivity contribution < 1.29 is 9.53 Å². The molecule has 2 aromatic rings. The van der Waals surface area contributed by atoms with Gasteiger partial charge in [0.15, 0.2) is 0 Å². The van der Waals surface area contributed by atoms with Crippen molar-refractivity contribution in [3.63, 3.8) is 0 Å². The number of rotatable bonds is 5. The molecule has 3 heterocycles. The number of carbonyl (C=O) groups is 1. The second-order valence-corrected chi connectivity index (χ2v) is 6.14. The molecule has 0 spiro atoms. The molecule has 2 aromatic heterocycles. The molecule has 0 saturated carbocycles. The van der Waals surface area contributed by atoms with Crippen molar-refractivity contribution in [2.45, 2.75) is 25.8 Å². The van der Waals surface area contributed by atoms with Crippen LogP contribution >= 0.6 is 0 Å². The van der Waals surface area contributed by atoms with E-state index in [0.717, 1.165) is 31.7 Å². The van der Waals surface area contributed by atoms with Crippen LogP contribution in [-0.4, -0.2) is 53.6 Å². The first-order valence-corrected chi connectivity index (χ1v) is 8.71. The van der Waals surface area contributed by atoms with E-state index in [0.29, 0.717) is 18.1 Å². The standard InChI is InChI=1S/C19H24N4O2/c1-3-25-18-16(9-6-12-21-18)19(24)22(2)15-8-7-13-23(14-15)17-10-4-5-11-20-17/h4-6,9-12,15H,3,7-8,13-14H2,1-2H3. The van der Waals surface area contributed by atoms with Crippen molar-refractivity contribution in [2.24, 2.45) is 0 Å². The lowest BCUT2D eigenvalue weighted by atomic mass is 10.0. The summed E-state index contributed by atoms with van der Waals surface area (Å²) in [5.41, 5.74) is 0.516. The van der Waals surface area contributed by atoms with Crippen molar-refractivity contribution in [1.82, 2.24) is 14.9 Å². The molecule has 132 valence electrons. The number of hydrogen-bond donors (Lipinski definition) is 0. The van der Waals surface area contributed by atoms with Crippen molar-refractivity contribution in [3.05, 3.63) is 48.3 Å². The minimum absolute atomic E-state index is 0.0515. The fourth-order valence-electron chi connectivity index (χ4n) is 3.18. The van der Waals surface area contributed by atoms with Crippen molar-refractivity contribution >= 4 is 11.7 Å². The molecule has 1 aliphatic heterocycles. The zero-order chi connectivity index (χ0) is 17.6. The van der Waals surface area contributed by atoms with Gasteiger partial charge in [-0.3, -0.25) is 4.79 Å². The Morgan fingerprint density at radius 2 is 2.12 bits per heavy atom. The second kappa shape index (κ2) is 7.96. The average molecular weight is 340 g/mol. The monoisotopic (exact) mass is 340 g/mol. The molecule has 25 heavy (non-hydrogen) atoms. The Labute approximate surface area is 148 Å². The molecule has 1 saturated heterocycles. The van der Waals surface area contributed by atoms with Gasteiger partial charge in [-0.25, -0.2) is 9.97 Å². The van der Waals surface area contributed by atoms with E-state index in [-0.39, 0.29) is 11.9 Å². The van der Waals surface area contributed by atoms with E-state index in [2.05, 4.69) is 14.9 Å². The highest BCUT2D eigenvalue weighted by Crippen LogP contribution is 2.23. The normalized spacial score (nSPS) is 17.2. The van der Waals surface area contributed by atoms with Crippen LogP contribution in [0.3, 0.4) is 0 Å². The van der Waals surface area contributed by atoms with Gasteiger partial charge >= 0.3 is 0 Å². The van der Waals surface area contributed by atoms with Gasteiger partial charge < -0.3 is 14.5 Å². The van der Waals surface area contributed by atoms with Crippen molar-refractivity contribution in [3.8, 4) is 5.88 Å². The highest BCUT2D eigenvalue weighted by Gasteiger charge is 2.28. The molecule has 1 amide bonds. The van der Waals surface area contributed by atoms with E-state index in [4.69, 9.17) is 4.74 Å². The third kappa shape index (κ3) is 3.90. The SMILES string of the molecule is CCOc1ncccc1C(=O)N(C)C1CCCN(c2ccccn2)C1. The summed E-state index contributed by atoms with van der Waals surface area (Å²) in [5.74, 6) is 1.31. The highest BCUT2D eigenvalue weighted by molar-refractivity contribution is 5.96. The predicted octanol–water partition coefficient (Wildman–Crippen LogP) is 2.62. The summed E-state index contributed by atoms with van der Waals surface area (Å²) in [6.45, 7) is 4.12. The van der Waals surface area contributed by atoms with Crippen LogP contribution in [0.4, 0.5) is 5.82 Å². The number of ether oxygens (including phenoxy) is 1. The molecular weight excluding hydrogens is 316 g/mol. The molecular formula is C19H24N4O2. The Morgan fingerprint density at radius 1 is 1.28 bits per heavy atom. The number of carbonyl (C=O) groups excluding carboxylic acids is 1. The van der Waals surface area contributed by atoms with Crippen LogP contribution in [-0.2, 0) is 0 Å². The smallest absolute Gasteiger partial charge is 0.259 e. The van der Waals surface area contributed by atoms with E-state index in [1.54, 1.807) is 24.5 Å². The number of aromatic nitrogens is 2. The summed E-state index contributed by atoms with van der Waals surface area (Å²) in [4.78, 5) is 25.6. The first-order chi connectivity index (χ1) is 12.2. The van der Waals surface area contributed by atoms with Gasteiger partial charge in [-0.1, -0.05) is 6.07 Å². The zero-order valence-electron chi connectivity index (χ0n) is 14.8. The lowest BCUT2D eigenvalue weighted by Crippen LogP contribution is -2.49. The quantitative estimate of drug-likeness (QED) is 0.837. The van der Waals surface area contributed by atoms with Crippen LogP contribution in [0.2, 0.25) is 0 Å². The van der Waals surface area contributed by atoms with Gasteiger partial charge in [-0.15, -0.1) is 0 Å². The molecule has 1 aliphatic rings. The van der Waals surface area contributed by atoms with Crippen LogP contribution in [0.15, 0.2) is 42.7 Å². The molecule has 0 radical (unpaired) electrons. The Morgan fingerprint density at radius 3 is 2.88 bits per heavy atom. The number of likely N-dealkylation sites (N-methyl/N-ethyl adjacent to an activating group) is 1. The van der Waals surface area contributed by atoms with Gasteiger partial charge in [0.05, 0.1) is 6.61 Å². The molecule has 6 nitrogen and oxygen atoms in total. The Balaban J connectivity index is 1.74. The summed E-state index contributed by atoms with van der Waals surface area (Å²) >= 11 is 0. The minimum atomic E-state index is -0.0515. The third-order valence-electron chi connectivity index (χ3n) is 4.52. The van der Waals surface area contributed by atoms with E-state index >= 15 is 0 Å². The zero-order valence-corrected chi connectivity index (χ0v) is 14.8. The predicted molar refractivity (Wildman–Crippen MR) is 97.0 cm³/mol. The fraction of sp³-hybridized carbons (Fsp3) is 0.421. The van der Waals surface area contributed by atoms with Gasteiger partial charge in [0, 0.05) is 38.6 Å².